The number of fused-ring (bicyclic) bond motifs is 1. The van der Waals surface area contributed by atoms with Gasteiger partial charge in [0.2, 0.25) is 0 Å². The molecule has 0 bridgehead atoms. The summed E-state index contributed by atoms with van der Waals surface area (Å²) in [5.74, 6) is -0.516. The SMILES string of the molecule is CC[C@H](COC)n1c(=O)c(C)nc2c(-c3cc(F)c(OC)cc3Cl)nccc21. The van der Waals surface area contributed by atoms with Crippen molar-refractivity contribution < 1.29 is 13.9 Å². The second-order valence-corrected chi connectivity index (χ2v) is 6.79. The molecule has 6 nitrogen and oxygen atoms in total. The second kappa shape index (κ2) is 8.24. The van der Waals surface area contributed by atoms with Crippen molar-refractivity contribution in [1.82, 2.24) is 14.5 Å². The molecule has 148 valence electrons. The number of nitrogens with zero attached hydrogens (tertiary/aromatic N) is 3. The Hall–Kier alpha value is -2.51. The highest BCUT2D eigenvalue weighted by molar-refractivity contribution is 6.33. The predicted molar refractivity (Wildman–Crippen MR) is 107 cm³/mol. The lowest BCUT2D eigenvalue weighted by atomic mass is 10.1. The van der Waals surface area contributed by atoms with Crippen LogP contribution in [0.2, 0.25) is 5.02 Å². The number of aromatic nitrogens is 3. The summed E-state index contributed by atoms with van der Waals surface area (Å²) in [4.78, 5) is 21.7. The Labute approximate surface area is 166 Å². The number of methoxy groups -OCH3 is 2. The Morgan fingerprint density at radius 2 is 2.07 bits per heavy atom. The van der Waals surface area contributed by atoms with Gasteiger partial charge in [0.25, 0.3) is 5.56 Å². The Morgan fingerprint density at radius 1 is 1.32 bits per heavy atom. The molecular formula is C20H21ClFN3O3. The third kappa shape index (κ3) is 3.47. The largest absolute Gasteiger partial charge is 0.494 e. The van der Waals surface area contributed by atoms with E-state index in [0.29, 0.717) is 41.0 Å². The first kappa shape index (κ1) is 20.2. The van der Waals surface area contributed by atoms with Gasteiger partial charge in [-0.2, -0.15) is 0 Å². The van der Waals surface area contributed by atoms with Gasteiger partial charge in [0.15, 0.2) is 11.6 Å². The third-order valence-electron chi connectivity index (χ3n) is 4.66. The molecule has 0 saturated carbocycles. The lowest BCUT2D eigenvalue weighted by Crippen LogP contribution is -2.30. The van der Waals surface area contributed by atoms with Crippen LogP contribution in [0.4, 0.5) is 4.39 Å². The maximum atomic E-state index is 14.3. The molecule has 2 heterocycles. The number of pyridine rings is 1. The fourth-order valence-corrected chi connectivity index (χ4v) is 3.48. The molecule has 0 unspecified atom stereocenters. The molecule has 3 aromatic rings. The molecule has 0 fully saturated rings. The van der Waals surface area contributed by atoms with Crippen molar-refractivity contribution in [2.45, 2.75) is 26.3 Å². The summed E-state index contributed by atoms with van der Waals surface area (Å²) in [6, 6.07) is 4.22. The van der Waals surface area contributed by atoms with Crippen LogP contribution in [0.15, 0.2) is 29.2 Å². The average Bonchev–Trinajstić information content (AvgIpc) is 2.69. The van der Waals surface area contributed by atoms with Gasteiger partial charge in [0.05, 0.1) is 36.0 Å². The highest BCUT2D eigenvalue weighted by atomic mass is 35.5. The summed E-state index contributed by atoms with van der Waals surface area (Å²) in [6.07, 6.45) is 2.25. The van der Waals surface area contributed by atoms with E-state index >= 15 is 0 Å². The number of halogens is 2. The van der Waals surface area contributed by atoms with E-state index in [4.69, 9.17) is 21.1 Å². The molecule has 0 saturated heterocycles. The number of rotatable bonds is 6. The number of hydrogen-bond acceptors (Lipinski definition) is 5. The van der Waals surface area contributed by atoms with Gasteiger partial charge < -0.3 is 9.47 Å². The van der Waals surface area contributed by atoms with Gasteiger partial charge in [-0.05, 0) is 25.5 Å². The van der Waals surface area contributed by atoms with Crippen LogP contribution in [-0.4, -0.2) is 35.4 Å². The van der Waals surface area contributed by atoms with Crippen molar-refractivity contribution in [3.63, 3.8) is 0 Å². The van der Waals surface area contributed by atoms with Gasteiger partial charge in [0, 0.05) is 24.9 Å². The van der Waals surface area contributed by atoms with Gasteiger partial charge in [-0.15, -0.1) is 0 Å². The average molecular weight is 406 g/mol. The van der Waals surface area contributed by atoms with Crippen molar-refractivity contribution >= 4 is 22.6 Å². The molecule has 0 radical (unpaired) electrons. The van der Waals surface area contributed by atoms with Crippen LogP contribution >= 0.6 is 11.6 Å². The predicted octanol–water partition coefficient (Wildman–Crippen LogP) is 4.17. The first-order chi connectivity index (χ1) is 13.4. The molecule has 0 N–H and O–H groups in total. The van der Waals surface area contributed by atoms with Gasteiger partial charge in [0.1, 0.15) is 11.2 Å². The van der Waals surface area contributed by atoms with Crippen LogP contribution in [-0.2, 0) is 4.74 Å². The summed E-state index contributed by atoms with van der Waals surface area (Å²) < 4.78 is 26.2. The van der Waals surface area contributed by atoms with Crippen LogP contribution in [0.5, 0.6) is 5.75 Å². The first-order valence-electron chi connectivity index (χ1n) is 8.83. The topological polar surface area (TPSA) is 66.2 Å². The van der Waals surface area contributed by atoms with E-state index in [1.165, 1.54) is 19.2 Å². The number of benzene rings is 1. The lowest BCUT2D eigenvalue weighted by molar-refractivity contribution is 0.153. The van der Waals surface area contributed by atoms with Gasteiger partial charge >= 0.3 is 0 Å². The maximum Gasteiger partial charge on any atom is 0.272 e. The summed E-state index contributed by atoms with van der Waals surface area (Å²) in [7, 11) is 2.96. The number of ether oxygens (including phenoxy) is 2. The Bertz CT molecular complexity index is 1080. The standard InChI is InChI=1S/C20H21ClFN3O3/c1-5-12(10-27-3)25-16-6-7-23-18(19(16)24-11(2)20(25)26)13-8-15(22)17(28-4)9-14(13)21/h6-9,12H,5,10H2,1-4H3/t12-/m1/s1. The van der Waals surface area contributed by atoms with E-state index in [0.717, 1.165) is 0 Å². The quantitative estimate of drug-likeness (QED) is 0.616. The van der Waals surface area contributed by atoms with Crippen molar-refractivity contribution in [1.29, 1.82) is 0 Å². The second-order valence-electron chi connectivity index (χ2n) is 6.38. The molecule has 0 aliphatic carbocycles. The molecule has 3 rings (SSSR count). The summed E-state index contributed by atoms with van der Waals surface area (Å²) in [5.41, 5.74) is 1.97. The van der Waals surface area contributed by atoms with E-state index in [-0.39, 0.29) is 22.4 Å². The molecule has 0 amide bonds. The molecule has 1 atom stereocenters. The fourth-order valence-electron chi connectivity index (χ4n) is 3.24. The third-order valence-corrected chi connectivity index (χ3v) is 4.98. The zero-order chi connectivity index (χ0) is 20.4. The van der Waals surface area contributed by atoms with E-state index in [1.807, 2.05) is 6.92 Å². The van der Waals surface area contributed by atoms with E-state index < -0.39 is 5.82 Å². The van der Waals surface area contributed by atoms with Crippen LogP contribution < -0.4 is 10.3 Å². The molecule has 2 aromatic heterocycles. The molecule has 0 spiro atoms. The molecule has 0 aliphatic rings. The molecule has 8 heteroatoms. The van der Waals surface area contributed by atoms with Gasteiger partial charge in [-0.25, -0.2) is 9.37 Å². The molecule has 0 aliphatic heterocycles. The minimum absolute atomic E-state index is 0.0428. The normalized spacial score (nSPS) is 12.4. The van der Waals surface area contributed by atoms with Crippen molar-refractivity contribution in [3.05, 3.63) is 51.3 Å². The first-order valence-corrected chi connectivity index (χ1v) is 9.20. The van der Waals surface area contributed by atoms with Crippen LogP contribution in [0.3, 0.4) is 0 Å². The van der Waals surface area contributed by atoms with E-state index in [2.05, 4.69) is 9.97 Å². The molecule has 28 heavy (non-hydrogen) atoms. The highest BCUT2D eigenvalue weighted by Gasteiger charge is 2.20. The molecule has 1 aromatic carbocycles. The number of aryl methyl sites for hydroxylation is 1. The van der Waals surface area contributed by atoms with Crippen molar-refractivity contribution in [2.75, 3.05) is 20.8 Å². The summed E-state index contributed by atoms with van der Waals surface area (Å²) in [6.45, 7) is 4.00. The van der Waals surface area contributed by atoms with Crippen LogP contribution in [0.1, 0.15) is 25.1 Å². The smallest absolute Gasteiger partial charge is 0.272 e. The van der Waals surface area contributed by atoms with E-state index in [1.54, 1.807) is 30.9 Å². The van der Waals surface area contributed by atoms with Crippen LogP contribution in [0, 0.1) is 12.7 Å². The van der Waals surface area contributed by atoms with E-state index in [9.17, 15) is 9.18 Å². The summed E-state index contributed by atoms with van der Waals surface area (Å²) in [5, 5.41) is 0.277. The lowest BCUT2D eigenvalue weighted by Gasteiger charge is -2.21. The monoisotopic (exact) mass is 405 g/mol. The number of hydrogen-bond donors (Lipinski definition) is 0. The zero-order valence-corrected chi connectivity index (χ0v) is 16.9. The van der Waals surface area contributed by atoms with Crippen molar-refractivity contribution in [3.8, 4) is 17.0 Å². The highest BCUT2D eigenvalue weighted by Crippen LogP contribution is 2.35. The Kier molecular flexibility index (Phi) is 5.96. The zero-order valence-electron chi connectivity index (χ0n) is 16.1. The Balaban J connectivity index is 2.35. The van der Waals surface area contributed by atoms with Crippen molar-refractivity contribution in [2.24, 2.45) is 0 Å². The van der Waals surface area contributed by atoms with Gasteiger partial charge in [-0.1, -0.05) is 18.5 Å². The Morgan fingerprint density at radius 3 is 2.71 bits per heavy atom. The van der Waals surface area contributed by atoms with Gasteiger partial charge in [-0.3, -0.25) is 14.3 Å². The molecular weight excluding hydrogens is 385 g/mol. The maximum absolute atomic E-state index is 14.3. The van der Waals surface area contributed by atoms with Crippen LogP contribution in [0.25, 0.3) is 22.3 Å². The summed E-state index contributed by atoms with van der Waals surface area (Å²) >= 11 is 6.36. The minimum Gasteiger partial charge on any atom is -0.494 e. The minimum atomic E-state index is -0.559. The fraction of sp³-hybridized carbons (Fsp3) is 0.350.